The van der Waals surface area contributed by atoms with Crippen molar-refractivity contribution in [3.8, 4) is 0 Å². The molecular weight excluding hydrogens is 332 g/mol. The van der Waals surface area contributed by atoms with Crippen LogP contribution in [0.3, 0.4) is 0 Å². The summed E-state index contributed by atoms with van der Waals surface area (Å²) in [6, 6.07) is 9.47. The molecule has 1 aromatic carbocycles. The van der Waals surface area contributed by atoms with E-state index in [-0.39, 0.29) is 11.4 Å². The first kappa shape index (κ1) is 18.3. The molecule has 1 N–H and O–H groups in total. The SMILES string of the molecule is CC[Si](CC)(CC)OCC1(CO)SCCc2cc(Cl)ccc21. The van der Waals surface area contributed by atoms with Crippen molar-refractivity contribution >= 4 is 31.7 Å². The van der Waals surface area contributed by atoms with E-state index in [1.165, 1.54) is 11.1 Å². The topological polar surface area (TPSA) is 29.5 Å². The molecule has 0 radical (unpaired) electrons. The van der Waals surface area contributed by atoms with Gasteiger partial charge >= 0.3 is 0 Å². The average molecular weight is 359 g/mol. The van der Waals surface area contributed by atoms with Gasteiger partial charge in [0.2, 0.25) is 0 Å². The van der Waals surface area contributed by atoms with E-state index < -0.39 is 8.32 Å². The highest BCUT2D eigenvalue weighted by molar-refractivity contribution is 8.00. The highest BCUT2D eigenvalue weighted by atomic mass is 35.5. The first-order valence-corrected chi connectivity index (χ1v) is 12.1. The Morgan fingerprint density at radius 2 is 1.95 bits per heavy atom. The summed E-state index contributed by atoms with van der Waals surface area (Å²) in [6.07, 6.45) is 1.01. The third kappa shape index (κ3) is 3.56. The van der Waals surface area contributed by atoms with Crippen LogP contribution in [0.4, 0.5) is 0 Å². The Morgan fingerprint density at radius 1 is 1.27 bits per heavy atom. The molecule has 1 unspecified atom stereocenters. The van der Waals surface area contributed by atoms with Gasteiger partial charge in [0.05, 0.1) is 18.0 Å². The van der Waals surface area contributed by atoms with Gasteiger partial charge in [-0.3, -0.25) is 0 Å². The van der Waals surface area contributed by atoms with Gasteiger partial charge in [-0.1, -0.05) is 38.4 Å². The van der Waals surface area contributed by atoms with Crippen LogP contribution in [0.25, 0.3) is 0 Å². The van der Waals surface area contributed by atoms with E-state index in [1.807, 2.05) is 23.9 Å². The molecule has 1 aliphatic heterocycles. The highest BCUT2D eigenvalue weighted by Crippen LogP contribution is 2.44. The number of hydrogen-bond acceptors (Lipinski definition) is 3. The Bertz CT molecular complexity index is 499. The number of fused-ring (bicyclic) bond motifs is 1. The first-order chi connectivity index (χ1) is 10.5. The second-order valence-corrected chi connectivity index (χ2v) is 12.8. The highest BCUT2D eigenvalue weighted by Gasteiger charge is 2.40. The minimum atomic E-state index is -1.65. The molecule has 1 aromatic rings. The van der Waals surface area contributed by atoms with E-state index in [4.69, 9.17) is 16.0 Å². The second-order valence-electron chi connectivity index (χ2n) is 6.08. The van der Waals surface area contributed by atoms with Crippen LogP contribution in [0.1, 0.15) is 31.9 Å². The Kier molecular flexibility index (Phi) is 6.43. The maximum atomic E-state index is 10.2. The molecule has 2 rings (SSSR count). The fourth-order valence-electron chi connectivity index (χ4n) is 3.27. The molecule has 22 heavy (non-hydrogen) atoms. The lowest BCUT2D eigenvalue weighted by Crippen LogP contribution is -2.44. The summed E-state index contributed by atoms with van der Waals surface area (Å²) in [5.41, 5.74) is 2.47. The van der Waals surface area contributed by atoms with Gasteiger partial charge in [-0.05, 0) is 53.6 Å². The van der Waals surface area contributed by atoms with Crippen molar-refractivity contribution in [2.45, 2.75) is 50.1 Å². The van der Waals surface area contributed by atoms with Crippen LogP contribution < -0.4 is 0 Å². The summed E-state index contributed by atoms with van der Waals surface area (Å²) < 4.78 is 6.20. The molecule has 1 atom stereocenters. The van der Waals surface area contributed by atoms with Crippen LogP contribution in [0, 0.1) is 0 Å². The molecule has 0 bridgehead atoms. The molecule has 0 fully saturated rings. The van der Waals surface area contributed by atoms with Crippen LogP contribution in [0.5, 0.6) is 0 Å². The monoisotopic (exact) mass is 358 g/mol. The number of aliphatic hydroxyl groups excluding tert-OH is 1. The minimum absolute atomic E-state index is 0.119. The van der Waals surface area contributed by atoms with Crippen LogP contribution in [-0.4, -0.2) is 32.4 Å². The Labute approximate surface area is 144 Å². The van der Waals surface area contributed by atoms with Gasteiger partial charge in [0.15, 0.2) is 8.32 Å². The van der Waals surface area contributed by atoms with Crippen molar-refractivity contribution in [2.75, 3.05) is 19.0 Å². The average Bonchev–Trinajstić information content (AvgIpc) is 2.56. The molecule has 1 aliphatic rings. The van der Waals surface area contributed by atoms with Gasteiger partial charge in [0, 0.05) is 5.02 Å². The van der Waals surface area contributed by atoms with Gasteiger partial charge in [-0.25, -0.2) is 0 Å². The van der Waals surface area contributed by atoms with Gasteiger partial charge in [-0.2, -0.15) is 0 Å². The first-order valence-electron chi connectivity index (χ1n) is 8.22. The summed E-state index contributed by atoms with van der Waals surface area (Å²) in [5.74, 6) is 1.01. The summed E-state index contributed by atoms with van der Waals surface area (Å²) in [5, 5.41) is 10.9. The zero-order valence-corrected chi connectivity index (χ0v) is 16.4. The van der Waals surface area contributed by atoms with E-state index >= 15 is 0 Å². The number of rotatable bonds is 7. The number of benzene rings is 1. The zero-order chi connectivity index (χ0) is 16.2. The summed E-state index contributed by atoms with van der Waals surface area (Å²) >= 11 is 7.97. The predicted molar refractivity (Wildman–Crippen MR) is 99.5 cm³/mol. The van der Waals surface area contributed by atoms with Crippen molar-refractivity contribution in [1.29, 1.82) is 0 Å². The summed E-state index contributed by atoms with van der Waals surface area (Å²) in [7, 11) is -1.65. The van der Waals surface area contributed by atoms with Crippen molar-refractivity contribution in [3.63, 3.8) is 0 Å². The predicted octanol–water partition coefficient (Wildman–Crippen LogP) is 4.84. The lowest BCUT2D eigenvalue weighted by atomic mass is 9.92. The molecule has 124 valence electrons. The number of hydrogen-bond donors (Lipinski definition) is 1. The van der Waals surface area contributed by atoms with Crippen LogP contribution in [0.2, 0.25) is 23.2 Å². The second kappa shape index (κ2) is 7.71. The molecular formula is C17H27ClO2SSi. The third-order valence-corrected chi connectivity index (χ3v) is 11.4. The van der Waals surface area contributed by atoms with E-state index in [1.54, 1.807) is 0 Å². The van der Waals surface area contributed by atoms with Crippen molar-refractivity contribution < 1.29 is 9.53 Å². The van der Waals surface area contributed by atoms with E-state index in [0.717, 1.165) is 35.3 Å². The molecule has 0 aromatic heterocycles. The van der Waals surface area contributed by atoms with Crippen LogP contribution in [-0.2, 0) is 15.6 Å². The van der Waals surface area contributed by atoms with E-state index in [0.29, 0.717) is 6.61 Å². The lowest BCUT2D eigenvalue weighted by molar-refractivity contribution is 0.177. The molecule has 0 aliphatic carbocycles. The van der Waals surface area contributed by atoms with Crippen molar-refractivity contribution in [3.05, 3.63) is 34.3 Å². The molecule has 0 spiro atoms. The number of aryl methyl sites for hydroxylation is 1. The Morgan fingerprint density at radius 3 is 2.55 bits per heavy atom. The number of halogens is 1. The van der Waals surface area contributed by atoms with Crippen molar-refractivity contribution in [1.82, 2.24) is 0 Å². The summed E-state index contributed by atoms with van der Waals surface area (Å²) in [4.78, 5) is 0. The smallest absolute Gasteiger partial charge is 0.192 e. The van der Waals surface area contributed by atoms with Crippen LogP contribution in [0.15, 0.2) is 18.2 Å². The third-order valence-electron chi connectivity index (χ3n) is 5.11. The number of thioether (sulfide) groups is 1. The molecule has 0 amide bonds. The Hall–Kier alpha value is -0.00312. The lowest BCUT2D eigenvalue weighted by Gasteiger charge is -2.40. The minimum Gasteiger partial charge on any atom is -0.415 e. The zero-order valence-electron chi connectivity index (χ0n) is 13.8. The quantitative estimate of drug-likeness (QED) is 0.707. The Balaban J connectivity index is 2.28. The van der Waals surface area contributed by atoms with Gasteiger partial charge in [-0.15, -0.1) is 11.8 Å². The van der Waals surface area contributed by atoms with Gasteiger partial charge in [0.25, 0.3) is 0 Å². The number of aliphatic hydroxyl groups is 1. The van der Waals surface area contributed by atoms with Gasteiger partial charge < -0.3 is 9.53 Å². The summed E-state index contributed by atoms with van der Waals surface area (Å²) in [6.45, 7) is 7.46. The van der Waals surface area contributed by atoms with Gasteiger partial charge in [0.1, 0.15) is 0 Å². The van der Waals surface area contributed by atoms with E-state index in [9.17, 15) is 5.11 Å². The molecule has 2 nitrogen and oxygen atoms in total. The molecule has 0 saturated heterocycles. The molecule has 5 heteroatoms. The standard InChI is InChI=1S/C17H27ClO2SSi/c1-4-22(5-2,6-3)20-13-17(12-19)16-8-7-15(18)11-14(16)9-10-21-17/h7-8,11,19H,4-6,9-10,12-13H2,1-3H3. The van der Waals surface area contributed by atoms with Crippen molar-refractivity contribution in [2.24, 2.45) is 0 Å². The normalized spacial score (nSPS) is 21.7. The molecule has 1 heterocycles. The fourth-order valence-corrected chi connectivity index (χ4v) is 7.53. The van der Waals surface area contributed by atoms with E-state index in [2.05, 4.69) is 26.8 Å². The molecule has 0 saturated carbocycles. The fraction of sp³-hybridized carbons (Fsp3) is 0.647. The maximum Gasteiger partial charge on any atom is 0.192 e. The van der Waals surface area contributed by atoms with Crippen LogP contribution >= 0.6 is 23.4 Å². The largest absolute Gasteiger partial charge is 0.415 e. The maximum absolute atomic E-state index is 10.2.